The minimum atomic E-state index is 0.215. The number of H-pyrrole nitrogens is 1. The molecule has 2 atom stereocenters. The third-order valence-electron chi connectivity index (χ3n) is 6.76. The smallest absolute Gasteiger partial charge is 0.138 e. The summed E-state index contributed by atoms with van der Waals surface area (Å²) in [5.41, 5.74) is 5.26. The van der Waals surface area contributed by atoms with Crippen LogP contribution in [0.3, 0.4) is 0 Å². The number of fused-ring (bicyclic) bond motifs is 4. The van der Waals surface area contributed by atoms with Crippen LogP contribution in [0, 0.1) is 5.92 Å². The zero-order chi connectivity index (χ0) is 21.5. The van der Waals surface area contributed by atoms with E-state index in [2.05, 4.69) is 83.0 Å². The Balaban J connectivity index is 1.39. The lowest BCUT2D eigenvalue weighted by molar-refractivity contribution is 0.509. The molecule has 0 saturated carbocycles. The van der Waals surface area contributed by atoms with Crippen LogP contribution in [-0.4, -0.2) is 21.5 Å². The number of thiophene rings is 1. The Hall–Kier alpha value is -3.18. The number of nitrogens with one attached hydrogen (secondary N) is 2. The van der Waals surface area contributed by atoms with Crippen LogP contribution >= 0.6 is 11.3 Å². The molecule has 0 aliphatic heterocycles. The number of anilines is 1. The van der Waals surface area contributed by atoms with Crippen molar-refractivity contribution in [1.82, 2.24) is 15.0 Å². The molecule has 5 heteroatoms. The Morgan fingerprint density at radius 3 is 2.84 bits per heavy atom. The average molecular weight is 439 g/mol. The number of rotatable bonds is 5. The summed E-state index contributed by atoms with van der Waals surface area (Å²) in [6.45, 7) is 3.13. The van der Waals surface area contributed by atoms with Gasteiger partial charge in [-0.3, -0.25) is 0 Å². The highest BCUT2D eigenvalue weighted by Gasteiger charge is 2.24. The van der Waals surface area contributed by atoms with E-state index in [0.29, 0.717) is 0 Å². The molecule has 1 aliphatic rings. The van der Waals surface area contributed by atoms with Crippen molar-refractivity contribution in [2.75, 3.05) is 11.9 Å². The second kappa shape index (κ2) is 8.06. The normalized spacial score (nSPS) is 16.8. The number of aryl methyl sites for hydroxylation is 1. The van der Waals surface area contributed by atoms with Gasteiger partial charge in [0, 0.05) is 34.4 Å². The van der Waals surface area contributed by atoms with Gasteiger partial charge in [-0.1, -0.05) is 55.5 Å². The largest absolute Gasteiger partial charge is 0.368 e. The van der Waals surface area contributed by atoms with Crippen LogP contribution in [0.4, 0.5) is 5.82 Å². The third kappa shape index (κ3) is 3.37. The minimum absolute atomic E-state index is 0.215. The van der Waals surface area contributed by atoms with E-state index in [-0.39, 0.29) is 5.92 Å². The summed E-state index contributed by atoms with van der Waals surface area (Å²) < 4.78 is 0. The third-order valence-corrected chi connectivity index (χ3v) is 7.93. The number of hydrogen-bond donors (Lipinski definition) is 2. The van der Waals surface area contributed by atoms with Crippen LogP contribution in [0.1, 0.15) is 40.8 Å². The fourth-order valence-electron chi connectivity index (χ4n) is 5.08. The molecule has 32 heavy (non-hydrogen) atoms. The van der Waals surface area contributed by atoms with E-state index in [0.717, 1.165) is 36.0 Å². The Bertz CT molecular complexity index is 1390. The van der Waals surface area contributed by atoms with E-state index in [9.17, 15) is 0 Å². The number of benzene rings is 2. The van der Waals surface area contributed by atoms with Crippen molar-refractivity contribution in [3.8, 4) is 0 Å². The van der Waals surface area contributed by atoms with Crippen LogP contribution in [0.15, 0.2) is 67.1 Å². The van der Waals surface area contributed by atoms with Gasteiger partial charge in [0.2, 0.25) is 0 Å². The molecule has 0 amide bonds. The van der Waals surface area contributed by atoms with Crippen molar-refractivity contribution in [1.29, 1.82) is 0 Å². The molecule has 0 bridgehead atoms. The van der Waals surface area contributed by atoms with Gasteiger partial charge < -0.3 is 10.3 Å². The highest BCUT2D eigenvalue weighted by molar-refractivity contribution is 7.19. The van der Waals surface area contributed by atoms with Gasteiger partial charge in [0.25, 0.3) is 0 Å². The SMILES string of the molecule is C[C@@H]1CCc2c(sc3ncnc(NC[C@H](c4ccccc4)c4c[nH]c5ccccc45)c23)C1. The summed E-state index contributed by atoms with van der Waals surface area (Å²) in [4.78, 5) is 15.4. The van der Waals surface area contributed by atoms with E-state index in [1.165, 1.54) is 44.3 Å². The highest BCUT2D eigenvalue weighted by Crippen LogP contribution is 2.40. The summed E-state index contributed by atoms with van der Waals surface area (Å²) >= 11 is 1.85. The predicted octanol–water partition coefficient (Wildman–Crippen LogP) is 6.54. The van der Waals surface area contributed by atoms with Gasteiger partial charge in [-0.15, -0.1) is 11.3 Å². The molecule has 3 aromatic heterocycles. The van der Waals surface area contributed by atoms with Crippen molar-refractivity contribution < 1.29 is 0 Å². The first kappa shape index (κ1) is 19.5. The van der Waals surface area contributed by atoms with Gasteiger partial charge in [0.15, 0.2) is 0 Å². The van der Waals surface area contributed by atoms with Gasteiger partial charge >= 0.3 is 0 Å². The van der Waals surface area contributed by atoms with Crippen LogP contribution < -0.4 is 5.32 Å². The molecule has 2 aromatic carbocycles. The molecule has 0 spiro atoms. The lowest BCUT2D eigenvalue weighted by Gasteiger charge is -2.20. The van der Waals surface area contributed by atoms with Gasteiger partial charge in [0.05, 0.1) is 5.39 Å². The average Bonchev–Trinajstić information content (AvgIpc) is 3.41. The predicted molar refractivity (Wildman–Crippen MR) is 134 cm³/mol. The van der Waals surface area contributed by atoms with Gasteiger partial charge in [-0.2, -0.15) is 0 Å². The van der Waals surface area contributed by atoms with E-state index in [4.69, 9.17) is 4.98 Å². The molecule has 4 nitrogen and oxygen atoms in total. The standard InChI is InChI=1S/C27H26N4S/c1-17-11-12-20-24(13-17)32-27-25(20)26(30-16-31-27)29-14-21(18-7-3-2-4-8-18)22-15-28-23-10-6-5-9-19(22)23/h2-10,15-17,21,28H,11-14H2,1H3,(H,29,30,31)/t17-,21-/m1/s1. The van der Waals surface area contributed by atoms with Crippen molar-refractivity contribution in [3.63, 3.8) is 0 Å². The number of aromatic amines is 1. The maximum absolute atomic E-state index is 4.69. The number of para-hydroxylation sites is 1. The minimum Gasteiger partial charge on any atom is -0.368 e. The lowest BCUT2D eigenvalue weighted by atomic mass is 9.89. The Morgan fingerprint density at radius 2 is 1.94 bits per heavy atom. The number of aromatic nitrogens is 3. The fraction of sp³-hybridized carbons (Fsp3) is 0.259. The molecule has 0 saturated heterocycles. The van der Waals surface area contributed by atoms with E-state index >= 15 is 0 Å². The Kier molecular flexibility index (Phi) is 4.91. The van der Waals surface area contributed by atoms with Crippen LogP contribution in [0.5, 0.6) is 0 Å². The van der Waals surface area contributed by atoms with Gasteiger partial charge in [0.1, 0.15) is 17.0 Å². The molecule has 2 N–H and O–H groups in total. The zero-order valence-corrected chi connectivity index (χ0v) is 19.0. The monoisotopic (exact) mass is 438 g/mol. The number of hydrogen-bond acceptors (Lipinski definition) is 4. The molecule has 3 heterocycles. The summed E-state index contributed by atoms with van der Waals surface area (Å²) in [6, 6.07) is 19.3. The first-order valence-electron chi connectivity index (χ1n) is 11.4. The lowest BCUT2D eigenvalue weighted by Crippen LogP contribution is -2.15. The topological polar surface area (TPSA) is 53.6 Å². The molecule has 160 valence electrons. The van der Waals surface area contributed by atoms with E-state index < -0.39 is 0 Å². The summed E-state index contributed by atoms with van der Waals surface area (Å²) in [5, 5.41) is 6.25. The van der Waals surface area contributed by atoms with Gasteiger partial charge in [-0.05, 0) is 47.9 Å². The Morgan fingerprint density at radius 1 is 1.09 bits per heavy atom. The van der Waals surface area contributed by atoms with Crippen molar-refractivity contribution in [2.45, 2.75) is 32.1 Å². The molecular formula is C27H26N4S. The van der Waals surface area contributed by atoms with Crippen LogP contribution in [0.2, 0.25) is 0 Å². The second-order valence-corrected chi connectivity index (χ2v) is 9.97. The van der Waals surface area contributed by atoms with Crippen molar-refractivity contribution >= 4 is 38.3 Å². The molecule has 6 rings (SSSR count). The summed E-state index contributed by atoms with van der Waals surface area (Å²) in [6.07, 6.45) is 7.41. The van der Waals surface area contributed by atoms with Crippen LogP contribution in [-0.2, 0) is 12.8 Å². The number of nitrogens with zero attached hydrogens (tertiary/aromatic N) is 2. The quantitative estimate of drug-likeness (QED) is 0.327. The highest BCUT2D eigenvalue weighted by atomic mass is 32.1. The first-order valence-corrected chi connectivity index (χ1v) is 12.2. The molecule has 0 unspecified atom stereocenters. The second-order valence-electron chi connectivity index (χ2n) is 8.89. The maximum Gasteiger partial charge on any atom is 0.138 e. The molecule has 0 radical (unpaired) electrons. The Labute approximate surface area is 191 Å². The van der Waals surface area contributed by atoms with E-state index in [1.807, 2.05) is 11.3 Å². The van der Waals surface area contributed by atoms with Crippen molar-refractivity contribution in [2.24, 2.45) is 5.92 Å². The molecule has 0 fully saturated rings. The fourth-order valence-corrected chi connectivity index (χ4v) is 6.43. The van der Waals surface area contributed by atoms with Crippen LogP contribution in [0.25, 0.3) is 21.1 Å². The molecule has 5 aromatic rings. The molecular weight excluding hydrogens is 412 g/mol. The zero-order valence-electron chi connectivity index (χ0n) is 18.1. The van der Waals surface area contributed by atoms with Gasteiger partial charge in [-0.25, -0.2) is 9.97 Å². The van der Waals surface area contributed by atoms with Crippen molar-refractivity contribution in [3.05, 3.63) is 88.7 Å². The first-order chi connectivity index (χ1) is 15.8. The van der Waals surface area contributed by atoms with E-state index in [1.54, 1.807) is 6.33 Å². The molecule has 1 aliphatic carbocycles. The maximum atomic E-state index is 4.69. The summed E-state index contributed by atoms with van der Waals surface area (Å²) in [7, 11) is 0. The summed E-state index contributed by atoms with van der Waals surface area (Å²) in [5.74, 6) is 1.94.